The number of rotatable bonds is 1. The van der Waals surface area contributed by atoms with E-state index in [1.54, 1.807) is 0 Å². The Hall–Kier alpha value is -1.28. The monoisotopic (exact) mass is 309 g/mol. The van der Waals surface area contributed by atoms with Crippen molar-refractivity contribution in [2.45, 2.75) is 0 Å². The number of amides is 1. The van der Waals surface area contributed by atoms with Gasteiger partial charge in [-0.15, -0.1) is 0 Å². The summed E-state index contributed by atoms with van der Waals surface area (Å²) in [5, 5.41) is -0.216. The lowest BCUT2D eigenvalue weighted by atomic mass is 10.2. The second kappa shape index (κ2) is 5.17. The van der Waals surface area contributed by atoms with E-state index in [9.17, 15) is 13.6 Å². The first-order valence-corrected chi connectivity index (χ1v) is 5.12. The highest BCUT2D eigenvalue weighted by Gasteiger charge is 2.18. The highest BCUT2D eigenvalue weighted by atomic mass is 79.9. The van der Waals surface area contributed by atoms with Gasteiger partial charge in [-0.05, 0) is 24.4 Å². The Morgan fingerprint density at radius 3 is 2.25 bits per heavy atom. The Bertz CT molecular complexity index is 432. The first-order valence-electron chi connectivity index (χ1n) is 3.92. The fourth-order valence-corrected chi connectivity index (χ4v) is 1.39. The Morgan fingerprint density at radius 1 is 1.31 bits per heavy atom. The number of hydrogen-bond acceptors (Lipinski definition) is 2. The molecule has 16 heavy (non-hydrogen) atoms. The third-order valence-corrected chi connectivity index (χ3v) is 2.09. The van der Waals surface area contributed by atoms with Gasteiger partial charge in [0.05, 0.1) is 0 Å². The molecule has 0 saturated heterocycles. The fraction of sp³-hybridized carbons (Fsp3) is 0. The topological polar surface area (TPSA) is 67.2 Å². The molecule has 0 radical (unpaired) electrons. The summed E-state index contributed by atoms with van der Waals surface area (Å²) in [6, 6.07) is 1.94. The summed E-state index contributed by atoms with van der Waals surface area (Å²) < 4.78 is 26.7. The predicted octanol–water partition coefficient (Wildman–Crippen LogP) is 1.21. The zero-order chi connectivity index (χ0) is 12.3. The smallest absolute Gasteiger partial charge is 0.275 e. The molecule has 0 aliphatic heterocycles. The maximum absolute atomic E-state index is 13.3. The normalized spacial score (nSPS) is 9.69. The number of hydrogen-bond donors (Lipinski definition) is 3. The van der Waals surface area contributed by atoms with Gasteiger partial charge < -0.3 is 5.73 Å². The summed E-state index contributed by atoms with van der Waals surface area (Å²) in [5.74, 6) is -2.99. The highest BCUT2D eigenvalue weighted by molar-refractivity contribution is 9.10. The SMILES string of the molecule is NC(=S)NNC(=O)c1c(F)cc(Br)cc1F. The zero-order valence-electron chi connectivity index (χ0n) is 7.68. The standard InChI is InChI=1S/C8H6BrF2N3OS/c9-3-1-4(10)6(5(11)2-3)7(15)13-14-8(12)16/h1-2H,(H,13,15)(H3,12,14,16). The molecule has 0 fully saturated rings. The first-order chi connectivity index (χ1) is 7.41. The van der Waals surface area contributed by atoms with Crippen molar-refractivity contribution < 1.29 is 13.6 Å². The van der Waals surface area contributed by atoms with Crippen LogP contribution in [0.2, 0.25) is 0 Å². The highest BCUT2D eigenvalue weighted by Crippen LogP contribution is 2.19. The molecule has 0 unspecified atom stereocenters. The lowest BCUT2D eigenvalue weighted by Crippen LogP contribution is -2.44. The third-order valence-electron chi connectivity index (χ3n) is 1.53. The lowest BCUT2D eigenvalue weighted by Gasteiger charge is -2.08. The molecule has 4 nitrogen and oxygen atoms in total. The quantitative estimate of drug-likeness (QED) is 0.539. The van der Waals surface area contributed by atoms with E-state index in [1.165, 1.54) is 0 Å². The minimum atomic E-state index is -1.00. The fourth-order valence-electron chi connectivity index (χ4n) is 0.940. The van der Waals surface area contributed by atoms with Crippen molar-refractivity contribution in [3.05, 3.63) is 33.8 Å². The summed E-state index contributed by atoms with van der Waals surface area (Å²) in [6.45, 7) is 0. The van der Waals surface area contributed by atoms with Gasteiger partial charge in [0.25, 0.3) is 5.91 Å². The van der Waals surface area contributed by atoms with Gasteiger partial charge in [-0.25, -0.2) is 8.78 Å². The van der Waals surface area contributed by atoms with Crippen LogP contribution in [0.25, 0.3) is 0 Å². The molecule has 1 aromatic rings. The molecule has 1 amide bonds. The van der Waals surface area contributed by atoms with Crippen LogP contribution in [0, 0.1) is 11.6 Å². The van der Waals surface area contributed by atoms with Crippen LogP contribution in [0.15, 0.2) is 16.6 Å². The van der Waals surface area contributed by atoms with Crippen molar-refractivity contribution in [3.8, 4) is 0 Å². The molecule has 0 aliphatic rings. The average Bonchev–Trinajstić information content (AvgIpc) is 2.12. The molecule has 1 rings (SSSR count). The van der Waals surface area contributed by atoms with Crippen LogP contribution < -0.4 is 16.6 Å². The summed E-state index contributed by atoms with van der Waals surface area (Å²) >= 11 is 7.30. The molecule has 0 spiro atoms. The van der Waals surface area contributed by atoms with Crippen molar-refractivity contribution in [1.82, 2.24) is 10.9 Å². The van der Waals surface area contributed by atoms with E-state index < -0.39 is 23.1 Å². The van der Waals surface area contributed by atoms with Gasteiger partial charge in [0, 0.05) is 4.47 Å². The molecule has 0 aromatic heterocycles. The van der Waals surface area contributed by atoms with Crippen LogP contribution in [0.5, 0.6) is 0 Å². The van der Waals surface area contributed by atoms with E-state index in [4.69, 9.17) is 5.73 Å². The summed E-state index contributed by atoms with van der Waals surface area (Å²) in [6.07, 6.45) is 0. The Labute approximate surface area is 103 Å². The molecular formula is C8H6BrF2N3OS. The van der Waals surface area contributed by atoms with E-state index in [0.29, 0.717) is 0 Å². The van der Waals surface area contributed by atoms with E-state index in [2.05, 4.69) is 33.6 Å². The predicted molar refractivity (Wildman–Crippen MR) is 61.4 cm³/mol. The lowest BCUT2D eigenvalue weighted by molar-refractivity contribution is 0.0935. The van der Waals surface area contributed by atoms with E-state index in [1.807, 2.05) is 5.43 Å². The molecule has 8 heteroatoms. The largest absolute Gasteiger partial charge is 0.375 e. The van der Waals surface area contributed by atoms with Crippen LogP contribution in [0.1, 0.15) is 10.4 Å². The Kier molecular flexibility index (Phi) is 4.13. The molecular weight excluding hydrogens is 304 g/mol. The average molecular weight is 310 g/mol. The van der Waals surface area contributed by atoms with Crippen LogP contribution in [0.4, 0.5) is 8.78 Å². The maximum Gasteiger partial charge on any atom is 0.275 e. The molecule has 0 aliphatic carbocycles. The van der Waals surface area contributed by atoms with Gasteiger partial charge in [0.1, 0.15) is 17.2 Å². The van der Waals surface area contributed by atoms with Crippen molar-refractivity contribution in [2.75, 3.05) is 0 Å². The van der Waals surface area contributed by atoms with Gasteiger partial charge in [0.2, 0.25) is 0 Å². The van der Waals surface area contributed by atoms with E-state index in [0.717, 1.165) is 12.1 Å². The van der Waals surface area contributed by atoms with E-state index >= 15 is 0 Å². The number of hydrazine groups is 1. The summed E-state index contributed by atoms with van der Waals surface area (Å²) in [7, 11) is 0. The molecule has 4 N–H and O–H groups in total. The maximum atomic E-state index is 13.3. The molecule has 0 atom stereocenters. The first kappa shape index (κ1) is 12.8. The Balaban J connectivity index is 2.95. The number of benzene rings is 1. The molecule has 86 valence electrons. The zero-order valence-corrected chi connectivity index (χ0v) is 10.1. The van der Waals surface area contributed by atoms with Crippen molar-refractivity contribution in [3.63, 3.8) is 0 Å². The van der Waals surface area contributed by atoms with Crippen molar-refractivity contribution >= 4 is 39.2 Å². The minimum Gasteiger partial charge on any atom is -0.375 e. The van der Waals surface area contributed by atoms with Gasteiger partial charge in [-0.2, -0.15) is 0 Å². The number of carbonyl (C=O) groups excluding carboxylic acids is 1. The number of carbonyl (C=O) groups is 1. The number of nitrogens with two attached hydrogens (primary N) is 1. The Morgan fingerprint density at radius 2 is 1.81 bits per heavy atom. The van der Waals surface area contributed by atoms with Crippen LogP contribution in [-0.4, -0.2) is 11.0 Å². The number of thiocarbonyl (C=S) groups is 1. The molecule has 0 saturated carbocycles. The van der Waals surface area contributed by atoms with Gasteiger partial charge in [0.15, 0.2) is 5.11 Å². The van der Waals surface area contributed by atoms with Crippen LogP contribution >= 0.6 is 28.1 Å². The van der Waals surface area contributed by atoms with Crippen LogP contribution in [-0.2, 0) is 0 Å². The van der Waals surface area contributed by atoms with E-state index in [-0.39, 0.29) is 9.59 Å². The minimum absolute atomic E-state index is 0.196. The summed E-state index contributed by atoms with van der Waals surface area (Å²) in [4.78, 5) is 11.3. The van der Waals surface area contributed by atoms with Crippen molar-refractivity contribution in [1.29, 1.82) is 0 Å². The third kappa shape index (κ3) is 3.11. The second-order valence-electron chi connectivity index (χ2n) is 2.69. The number of halogens is 3. The molecule has 0 heterocycles. The number of nitrogens with one attached hydrogen (secondary N) is 2. The van der Waals surface area contributed by atoms with Gasteiger partial charge in [-0.3, -0.25) is 15.6 Å². The van der Waals surface area contributed by atoms with Gasteiger partial charge in [-0.1, -0.05) is 15.9 Å². The van der Waals surface area contributed by atoms with Crippen LogP contribution in [0.3, 0.4) is 0 Å². The molecule has 0 bridgehead atoms. The molecule has 1 aromatic carbocycles. The summed E-state index contributed by atoms with van der Waals surface area (Å²) in [5.41, 5.74) is 8.34. The van der Waals surface area contributed by atoms with Gasteiger partial charge >= 0.3 is 0 Å². The second-order valence-corrected chi connectivity index (χ2v) is 4.04. The van der Waals surface area contributed by atoms with Crippen molar-refractivity contribution in [2.24, 2.45) is 5.73 Å².